The summed E-state index contributed by atoms with van der Waals surface area (Å²) in [4.78, 5) is 2.30. The van der Waals surface area contributed by atoms with Crippen LogP contribution in [0.25, 0.3) is 33.4 Å². The maximum Gasteiger partial charge on any atom is 0.121 e. The van der Waals surface area contributed by atoms with Gasteiger partial charge in [-0.1, -0.05) is 255 Å². The second kappa shape index (κ2) is 25.4. The first-order valence-corrected chi connectivity index (χ1v) is 27.6. The summed E-state index contributed by atoms with van der Waals surface area (Å²) in [6.07, 6.45) is 0. The van der Waals surface area contributed by atoms with Gasteiger partial charge in [0, 0.05) is 17.1 Å². The van der Waals surface area contributed by atoms with Crippen molar-refractivity contribution in [3.8, 4) is 33.4 Å². The molecule has 12 rings (SSSR count). The van der Waals surface area contributed by atoms with Gasteiger partial charge in [0.05, 0.1) is 17.1 Å². The minimum absolute atomic E-state index is 0.200. The Kier molecular flexibility index (Phi) is 16.1. The van der Waals surface area contributed by atoms with Crippen LogP contribution in [0.2, 0.25) is 0 Å². The molecule has 0 amide bonds. The lowest BCUT2D eigenvalue weighted by Gasteiger charge is -2.26. The molecular weight excluding hydrogens is 999 g/mol. The smallest absolute Gasteiger partial charge is 0.121 e. The highest BCUT2D eigenvalue weighted by Gasteiger charge is 2.18. The minimum Gasteiger partial charge on any atom is -0.311 e. The Morgan fingerprint density at radius 3 is 0.537 bits per heavy atom. The molecule has 7 heteroatoms. The summed E-state index contributed by atoms with van der Waals surface area (Å²) in [6, 6.07) is 112. The molecule has 0 aliphatic rings. The van der Waals surface area contributed by atoms with Gasteiger partial charge in [-0.3, -0.25) is 0 Å². The lowest BCUT2D eigenvalue weighted by Crippen LogP contribution is -2.09. The third-order valence-corrected chi connectivity index (χ3v) is 14.5. The van der Waals surface area contributed by atoms with Crippen molar-refractivity contribution in [2.45, 2.75) is 18.1 Å². The van der Waals surface area contributed by atoms with E-state index in [0.29, 0.717) is 0 Å². The SMILES string of the molecule is c1ccc(C(N=Nc2ccc(-c3ccc(N(c4ccc(-c5ccc(N=NC(c6ccccc6)c6ccccc6)cc5)cc4)c4ccc(-c5ccc(N=NC(c6ccccc6)c6ccccc6)cc5)cc4)cc3)cc2)c2ccccc2)cc1. The van der Waals surface area contributed by atoms with Crippen molar-refractivity contribution in [2.75, 3.05) is 4.90 Å². The van der Waals surface area contributed by atoms with Crippen LogP contribution < -0.4 is 4.90 Å². The molecule has 0 unspecified atom stereocenters. The third-order valence-electron chi connectivity index (χ3n) is 14.5. The summed E-state index contributed by atoms with van der Waals surface area (Å²) in [5, 5.41) is 28.7. The summed E-state index contributed by atoms with van der Waals surface area (Å²) in [7, 11) is 0. The molecule has 0 saturated heterocycles. The van der Waals surface area contributed by atoms with Gasteiger partial charge in [-0.2, -0.15) is 30.7 Å². The molecule has 0 spiro atoms. The normalized spacial score (nSPS) is 11.6. The summed E-state index contributed by atoms with van der Waals surface area (Å²) in [5.74, 6) is 0. The molecule has 0 aliphatic heterocycles. The zero-order valence-corrected chi connectivity index (χ0v) is 45.0. The molecule has 0 fully saturated rings. The molecule has 0 aliphatic carbocycles. The molecule has 0 N–H and O–H groups in total. The number of rotatable bonds is 18. The van der Waals surface area contributed by atoms with Gasteiger partial charge in [0.2, 0.25) is 0 Å². The molecule has 392 valence electrons. The van der Waals surface area contributed by atoms with Gasteiger partial charge in [0.15, 0.2) is 0 Å². The predicted molar refractivity (Wildman–Crippen MR) is 335 cm³/mol. The van der Waals surface area contributed by atoms with Crippen LogP contribution in [0.4, 0.5) is 34.1 Å². The summed E-state index contributed by atoms with van der Waals surface area (Å²) < 4.78 is 0. The highest BCUT2D eigenvalue weighted by molar-refractivity contribution is 5.81. The molecule has 0 saturated carbocycles. The second-order valence-electron chi connectivity index (χ2n) is 19.9. The van der Waals surface area contributed by atoms with E-state index in [1.807, 2.05) is 146 Å². The quantitative estimate of drug-likeness (QED) is 0.0789. The molecule has 0 atom stereocenters. The average Bonchev–Trinajstić information content (AvgIpc) is 3.75. The number of benzene rings is 12. The molecule has 0 radical (unpaired) electrons. The van der Waals surface area contributed by atoms with Crippen molar-refractivity contribution in [3.05, 3.63) is 361 Å². The van der Waals surface area contributed by atoms with Crippen LogP contribution in [0.1, 0.15) is 51.5 Å². The zero-order valence-electron chi connectivity index (χ0n) is 45.0. The molecule has 12 aromatic rings. The standard InChI is InChI=1S/C75H57N7/c1-7-19-61(20-8-1)73(62-21-9-2-10-22-62)79-76-67-43-31-55(32-44-67)58-37-49-70(50-38-58)82(71-51-39-59(40-52-71)56-33-45-68(46-34-56)77-80-74(63-23-11-3-12-24-63)64-25-13-4-14-26-64)72-53-41-60(42-54-72)57-35-47-69(48-36-57)78-81-75(65-27-15-5-16-28-65)66-29-17-6-18-30-66/h1-54,73-75H. The van der Waals surface area contributed by atoms with Crippen molar-refractivity contribution in [1.29, 1.82) is 0 Å². The van der Waals surface area contributed by atoms with E-state index in [-0.39, 0.29) is 18.1 Å². The van der Waals surface area contributed by atoms with Crippen molar-refractivity contribution in [2.24, 2.45) is 30.7 Å². The molecule has 0 aromatic heterocycles. The maximum absolute atomic E-state index is 4.84. The molecule has 82 heavy (non-hydrogen) atoms. The van der Waals surface area contributed by atoms with Gasteiger partial charge in [-0.05, 0) is 140 Å². The van der Waals surface area contributed by atoms with Crippen LogP contribution in [-0.4, -0.2) is 0 Å². The van der Waals surface area contributed by atoms with E-state index in [1.54, 1.807) is 0 Å². The van der Waals surface area contributed by atoms with E-state index in [0.717, 1.165) is 101 Å². The fourth-order valence-electron chi connectivity index (χ4n) is 10.2. The number of nitrogens with zero attached hydrogens (tertiary/aromatic N) is 7. The average molecular weight is 1060 g/mol. The fourth-order valence-corrected chi connectivity index (χ4v) is 10.2. The minimum atomic E-state index is -0.200. The van der Waals surface area contributed by atoms with E-state index >= 15 is 0 Å². The van der Waals surface area contributed by atoms with E-state index in [2.05, 4.69) is 187 Å². The predicted octanol–water partition coefficient (Wildman–Crippen LogP) is 21.8. The van der Waals surface area contributed by atoms with Crippen LogP contribution in [0.15, 0.2) is 358 Å². The van der Waals surface area contributed by atoms with Crippen molar-refractivity contribution >= 4 is 34.1 Å². The Hall–Kier alpha value is -10.8. The Bertz CT molecular complexity index is 3470. The van der Waals surface area contributed by atoms with Crippen LogP contribution in [0.3, 0.4) is 0 Å². The summed E-state index contributed by atoms with van der Waals surface area (Å²) in [5.41, 5.74) is 18.6. The first kappa shape index (κ1) is 52.0. The Labute approximate surface area is 479 Å². The van der Waals surface area contributed by atoms with Gasteiger partial charge in [0.25, 0.3) is 0 Å². The van der Waals surface area contributed by atoms with Gasteiger partial charge < -0.3 is 4.90 Å². The lowest BCUT2D eigenvalue weighted by molar-refractivity contribution is 0.809. The third kappa shape index (κ3) is 12.6. The number of hydrogen-bond donors (Lipinski definition) is 0. The molecule has 12 aromatic carbocycles. The maximum atomic E-state index is 4.84. The van der Waals surface area contributed by atoms with Gasteiger partial charge in [-0.15, -0.1) is 0 Å². The Balaban J connectivity index is 0.799. The number of hydrogen-bond acceptors (Lipinski definition) is 7. The Morgan fingerprint density at radius 2 is 0.354 bits per heavy atom. The summed E-state index contributed by atoms with van der Waals surface area (Å²) >= 11 is 0. The van der Waals surface area contributed by atoms with Crippen LogP contribution in [-0.2, 0) is 0 Å². The topological polar surface area (TPSA) is 77.4 Å². The molecule has 0 heterocycles. The highest BCUT2D eigenvalue weighted by atomic mass is 15.1. The van der Waals surface area contributed by atoms with E-state index < -0.39 is 0 Å². The first-order chi connectivity index (χ1) is 40.6. The lowest BCUT2D eigenvalue weighted by atomic mass is 10.00. The van der Waals surface area contributed by atoms with Crippen LogP contribution in [0, 0.1) is 0 Å². The van der Waals surface area contributed by atoms with Crippen molar-refractivity contribution in [1.82, 2.24) is 0 Å². The van der Waals surface area contributed by atoms with Gasteiger partial charge >= 0.3 is 0 Å². The van der Waals surface area contributed by atoms with Gasteiger partial charge in [-0.25, -0.2) is 0 Å². The molecule has 7 nitrogen and oxygen atoms in total. The first-order valence-electron chi connectivity index (χ1n) is 27.6. The summed E-state index contributed by atoms with van der Waals surface area (Å²) in [6.45, 7) is 0. The second-order valence-corrected chi connectivity index (χ2v) is 19.9. The van der Waals surface area contributed by atoms with E-state index in [1.165, 1.54) is 0 Å². The number of azo groups is 3. The van der Waals surface area contributed by atoms with E-state index in [9.17, 15) is 0 Å². The van der Waals surface area contributed by atoms with Crippen LogP contribution >= 0.6 is 0 Å². The molecule has 0 bridgehead atoms. The molecular formula is C75H57N7. The van der Waals surface area contributed by atoms with Crippen LogP contribution in [0.5, 0.6) is 0 Å². The number of anilines is 3. The Morgan fingerprint density at radius 1 is 0.183 bits per heavy atom. The monoisotopic (exact) mass is 1060 g/mol. The van der Waals surface area contributed by atoms with Crippen molar-refractivity contribution < 1.29 is 0 Å². The van der Waals surface area contributed by atoms with E-state index in [4.69, 9.17) is 30.7 Å². The zero-order chi connectivity index (χ0) is 55.1. The van der Waals surface area contributed by atoms with Crippen molar-refractivity contribution in [3.63, 3.8) is 0 Å². The largest absolute Gasteiger partial charge is 0.311 e. The highest BCUT2D eigenvalue weighted by Crippen LogP contribution is 2.39. The fraction of sp³-hybridized carbons (Fsp3) is 0.0400. The van der Waals surface area contributed by atoms with Gasteiger partial charge in [0.1, 0.15) is 18.1 Å².